The number of hydrazone groups is 1. The molecule has 32 heavy (non-hydrogen) atoms. The Morgan fingerprint density at radius 1 is 1.19 bits per heavy atom. The fourth-order valence-electron chi connectivity index (χ4n) is 3.21. The number of Topliss-reactive ketones (excluding diaryl/α,β-unsaturated/α-hetero) is 1. The standard InChI is InChI=1S/C21H24N4O5S2/c1-32(29,30)12-13-2-4-15(5-3-13)19(26)11-31-21(24-22)25(23)16-8-9-17(20(27)28)18(10-16)14-6-7-14/h2-5,8-10,14H,6-7,11-12,22-23H2,1H3,(H,27,28)/b24-21+. The number of carbonyl (C=O) groups is 2. The number of carbonyl (C=O) groups excluding carboxylic acids is 1. The van der Waals surface area contributed by atoms with E-state index < -0.39 is 15.8 Å². The fraction of sp³-hybridized carbons (Fsp3) is 0.286. The van der Waals surface area contributed by atoms with Gasteiger partial charge in [-0.25, -0.2) is 19.1 Å². The average molecular weight is 477 g/mol. The van der Waals surface area contributed by atoms with Crippen LogP contribution in [0.25, 0.3) is 0 Å². The fourth-order valence-corrected chi connectivity index (χ4v) is 4.75. The molecule has 5 N–H and O–H groups in total. The van der Waals surface area contributed by atoms with Crippen molar-refractivity contribution in [3.05, 3.63) is 64.7 Å². The summed E-state index contributed by atoms with van der Waals surface area (Å²) in [7, 11) is -3.15. The van der Waals surface area contributed by atoms with E-state index in [1.807, 2.05) is 0 Å². The molecule has 1 fully saturated rings. The third-order valence-electron chi connectivity index (χ3n) is 4.91. The maximum atomic E-state index is 12.5. The summed E-state index contributed by atoms with van der Waals surface area (Å²) in [5.41, 5.74) is 2.52. The summed E-state index contributed by atoms with van der Waals surface area (Å²) < 4.78 is 22.8. The third kappa shape index (κ3) is 6.09. The number of anilines is 1. The van der Waals surface area contributed by atoms with E-state index in [4.69, 9.17) is 11.7 Å². The minimum Gasteiger partial charge on any atom is -0.478 e. The summed E-state index contributed by atoms with van der Waals surface area (Å²) >= 11 is 1.05. The van der Waals surface area contributed by atoms with Gasteiger partial charge < -0.3 is 10.9 Å². The van der Waals surface area contributed by atoms with Crippen molar-refractivity contribution in [3.8, 4) is 0 Å². The van der Waals surface area contributed by atoms with Gasteiger partial charge in [0.1, 0.15) is 0 Å². The molecule has 11 heteroatoms. The summed E-state index contributed by atoms with van der Waals surface area (Å²) in [6.07, 6.45) is 3.01. The highest BCUT2D eigenvalue weighted by Crippen LogP contribution is 2.43. The topological polar surface area (TPSA) is 156 Å². The van der Waals surface area contributed by atoms with Crippen molar-refractivity contribution in [2.24, 2.45) is 16.8 Å². The number of hydrogen-bond donors (Lipinski definition) is 3. The summed E-state index contributed by atoms with van der Waals surface area (Å²) in [6.45, 7) is 0. The monoisotopic (exact) mass is 476 g/mol. The molecule has 0 aromatic heterocycles. The van der Waals surface area contributed by atoms with Gasteiger partial charge in [-0.15, -0.1) is 0 Å². The lowest BCUT2D eigenvalue weighted by molar-refractivity contribution is 0.0695. The van der Waals surface area contributed by atoms with E-state index in [1.165, 1.54) is 11.1 Å². The molecular weight excluding hydrogens is 452 g/mol. The van der Waals surface area contributed by atoms with Crippen LogP contribution in [0, 0.1) is 0 Å². The molecule has 0 spiro atoms. The van der Waals surface area contributed by atoms with Gasteiger partial charge in [-0.3, -0.25) is 9.80 Å². The predicted molar refractivity (Wildman–Crippen MR) is 125 cm³/mol. The van der Waals surface area contributed by atoms with Crippen molar-refractivity contribution in [3.63, 3.8) is 0 Å². The van der Waals surface area contributed by atoms with E-state index in [-0.39, 0.29) is 33.9 Å². The molecule has 9 nitrogen and oxygen atoms in total. The Labute approximate surface area is 190 Å². The number of hydrogen-bond acceptors (Lipinski definition) is 8. The quantitative estimate of drug-likeness (QED) is 0.171. The molecule has 0 unspecified atom stereocenters. The van der Waals surface area contributed by atoms with Crippen LogP contribution in [0.4, 0.5) is 5.69 Å². The van der Waals surface area contributed by atoms with Crippen LogP contribution < -0.4 is 16.7 Å². The van der Waals surface area contributed by atoms with Crippen LogP contribution in [-0.2, 0) is 15.6 Å². The number of ketones is 1. The number of carboxylic acid groups (broad SMARTS) is 1. The zero-order valence-electron chi connectivity index (χ0n) is 17.4. The number of benzene rings is 2. The third-order valence-corrected chi connectivity index (χ3v) is 6.74. The molecule has 0 bridgehead atoms. The van der Waals surface area contributed by atoms with Crippen molar-refractivity contribution in [2.75, 3.05) is 17.0 Å². The normalized spacial score (nSPS) is 14.2. The highest BCUT2D eigenvalue weighted by atomic mass is 32.2. The maximum absolute atomic E-state index is 12.5. The van der Waals surface area contributed by atoms with Crippen molar-refractivity contribution < 1.29 is 23.1 Å². The minimum absolute atomic E-state index is 0.0118. The first-order valence-electron chi connectivity index (χ1n) is 9.71. The molecule has 0 aliphatic heterocycles. The van der Waals surface area contributed by atoms with E-state index >= 15 is 0 Å². The second-order valence-corrected chi connectivity index (χ2v) is 10.7. The predicted octanol–water partition coefficient (Wildman–Crippen LogP) is 2.33. The highest BCUT2D eigenvalue weighted by molar-refractivity contribution is 8.14. The summed E-state index contributed by atoms with van der Waals surface area (Å²) in [4.78, 5) is 24.0. The second-order valence-electron chi connectivity index (χ2n) is 7.61. The lowest BCUT2D eigenvalue weighted by Gasteiger charge is -2.20. The van der Waals surface area contributed by atoms with E-state index in [9.17, 15) is 23.1 Å². The van der Waals surface area contributed by atoms with Crippen LogP contribution in [0.5, 0.6) is 0 Å². The van der Waals surface area contributed by atoms with E-state index in [1.54, 1.807) is 36.4 Å². The number of sulfone groups is 1. The summed E-state index contributed by atoms with van der Waals surface area (Å²) in [5.74, 6) is 10.6. The Bertz CT molecular complexity index is 1160. The Balaban J connectivity index is 1.67. The minimum atomic E-state index is -3.15. The van der Waals surface area contributed by atoms with Gasteiger partial charge in [-0.1, -0.05) is 36.0 Å². The Kier molecular flexibility index (Phi) is 7.22. The van der Waals surface area contributed by atoms with Gasteiger partial charge in [0.15, 0.2) is 15.6 Å². The number of amidine groups is 1. The lowest BCUT2D eigenvalue weighted by Crippen LogP contribution is -2.37. The molecule has 3 rings (SSSR count). The summed E-state index contributed by atoms with van der Waals surface area (Å²) in [5, 5.41) is 14.5. The first kappa shape index (κ1) is 23.8. The molecule has 0 heterocycles. The number of rotatable bonds is 8. The van der Waals surface area contributed by atoms with Crippen LogP contribution in [-0.4, -0.2) is 42.5 Å². The van der Waals surface area contributed by atoms with Gasteiger partial charge in [0.05, 0.1) is 22.8 Å². The van der Waals surface area contributed by atoms with Crippen molar-refractivity contribution >= 4 is 44.2 Å². The Hall–Kier alpha value is -2.89. The Morgan fingerprint density at radius 2 is 1.84 bits per heavy atom. The molecule has 0 saturated heterocycles. The van der Waals surface area contributed by atoms with Crippen LogP contribution in [0.1, 0.15) is 50.6 Å². The van der Waals surface area contributed by atoms with Crippen molar-refractivity contribution in [1.82, 2.24) is 0 Å². The van der Waals surface area contributed by atoms with Gasteiger partial charge in [0, 0.05) is 11.8 Å². The zero-order valence-corrected chi connectivity index (χ0v) is 19.0. The van der Waals surface area contributed by atoms with Gasteiger partial charge in [-0.2, -0.15) is 5.10 Å². The lowest BCUT2D eigenvalue weighted by atomic mass is 10.0. The first-order valence-corrected chi connectivity index (χ1v) is 12.8. The average Bonchev–Trinajstić information content (AvgIpc) is 3.58. The highest BCUT2D eigenvalue weighted by Gasteiger charge is 2.29. The molecule has 0 radical (unpaired) electrons. The van der Waals surface area contributed by atoms with E-state index in [0.29, 0.717) is 16.8 Å². The number of nitrogens with two attached hydrogens (primary N) is 2. The number of hydrazine groups is 1. The number of nitrogens with zero attached hydrogens (tertiary/aromatic N) is 2. The van der Waals surface area contributed by atoms with Gasteiger partial charge >= 0.3 is 5.97 Å². The molecule has 1 aliphatic carbocycles. The van der Waals surface area contributed by atoms with Gasteiger partial charge in [-0.05, 0) is 48.1 Å². The molecular formula is C21H24N4O5S2. The second kappa shape index (κ2) is 9.72. The first-order chi connectivity index (χ1) is 15.1. The molecule has 0 atom stereocenters. The number of aromatic carboxylic acids is 1. The smallest absolute Gasteiger partial charge is 0.335 e. The zero-order chi connectivity index (χ0) is 23.5. The Morgan fingerprint density at radius 3 is 2.38 bits per heavy atom. The molecule has 1 aliphatic rings. The van der Waals surface area contributed by atoms with E-state index in [0.717, 1.165) is 36.4 Å². The molecule has 0 amide bonds. The molecule has 2 aromatic carbocycles. The van der Waals surface area contributed by atoms with E-state index in [2.05, 4.69) is 5.10 Å². The maximum Gasteiger partial charge on any atom is 0.335 e. The van der Waals surface area contributed by atoms with Gasteiger partial charge in [0.25, 0.3) is 0 Å². The molecule has 170 valence electrons. The van der Waals surface area contributed by atoms with Crippen molar-refractivity contribution in [2.45, 2.75) is 24.5 Å². The van der Waals surface area contributed by atoms with Gasteiger partial charge in [0.2, 0.25) is 5.17 Å². The van der Waals surface area contributed by atoms with Crippen LogP contribution in [0.2, 0.25) is 0 Å². The van der Waals surface area contributed by atoms with Crippen LogP contribution in [0.15, 0.2) is 47.6 Å². The van der Waals surface area contributed by atoms with Crippen LogP contribution in [0.3, 0.4) is 0 Å². The largest absolute Gasteiger partial charge is 0.478 e. The SMILES string of the molecule is CS(=O)(=O)Cc1ccc(C(=O)CS/C(=N/N)N(N)c2ccc(C(=O)O)c(C3CC3)c2)cc1. The summed E-state index contributed by atoms with van der Waals surface area (Å²) in [6, 6.07) is 11.2. The number of carboxylic acids is 1. The molecule has 1 saturated carbocycles. The van der Waals surface area contributed by atoms with Crippen LogP contribution >= 0.6 is 11.8 Å². The molecule has 2 aromatic rings. The van der Waals surface area contributed by atoms with Crippen molar-refractivity contribution in [1.29, 1.82) is 0 Å². The number of thioether (sulfide) groups is 1.